The van der Waals surface area contributed by atoms with Crippen LogP contribution in [-0.4, -0.2) is 46.5 Å². The lowest BCUT2D eigenvalue weighted by atomic mass is 10.0. The van der Waals surface area contributed by atoms with Crippen molar-refractivity contribution in [1.29, 1.82) is 0 Å². The number of primary amides is 1. The maximum atomic E-state index is 12.3. The molecular formula is C13H21N3O4. The molecule has 2 fully saturated rings. The first-order chi connectivity index (χ1) is 9.50. The lowest BCUT2D eigenvalue weighted by molar-refractivity contribution is -0.142. The molecule has 7 heteroatoms. The highest BCUT2D eigenvalue weighted by Gasteiger charge is 2.37. The Morgan fingerprint density at radius 2 is 1.85 bits per heavy atom. The average molecular weight is 283 g/mol. The first-order valence-electron chi connectivity index (χ1n) is 7.10. The van der Waals surface area contributed by atoms with Gasteiger partial charge < -0.3 is 21.1 Å². The van der Waals surface area contributed by atoms with Crippen LogP contribution in [0.3, 0.4) is 0 Å². The van der Waals surface area contributed by atoms with Crippen molar-refractivity contribution in [2.75, 3.05) is 6.54 Å². The second kappa shape index (κ2) is 6.11. The first-order valence-corrected chi connectivity index (χ1v) is 7.10. The normalized spacial score (nSPS) is 30.0. The smallest absolute Gasteiger partial charge is 0.318 e. The van der Waals surface area contributed by atoms with E-state index in [0.717, 1.165) is 19.3 Å². The second-order valence-corrected chi connectivity index (χ2v) is 5.54. The Morgan fingerprint density at radius 1 is 1.10 bits per heavy atom. The number of rotatable bonds is 3. The number of carboxylic acids is 1. The molecule has 20 heavy (non-hydrogen) atoms. The molecule has 7 nitrogen and oxygen atoms in total. The summed E-state index contributed by atoms with van der Waals surface area (Å²) in [5.41, 5.74) is 5.32. The predicted molar refractivity (Wildman–Crippen MR) is 70.8 cm³/mol. The van der Waals surface area contributed by atoms with E-state index in [1.54, 1.807) is 0 Å². The molecule has 0 spiro atoms. The third-order valence-corrected chi connectivity index (χ3v) is 4.23. The third kappa shape index (κ3) is 3.02. The number of carbonyl (C=O) groups is 3. The first kappa shape index (κ1) is 14.6. The molecule has 1 saturated heterocycles. The fraction of sp³-hybridized carbons (Fsp3) is 0.769. The van der Waals surface area contributed by atoms with Gasteiger partial charge in [-0.15, -0.1) is 0 Å². The van der Waals surface area contributed by atoms with Crippen LogP contribution in [0.5, 0.6) is 0 Å². The molecule has 0 radical (unpaired) electrons. The van der Waals surface area contributed by atoms with Gasteiger partial charge in [0.2, 0.25) is 5.91 Å². The molecular weight excluding hydrogens is 262 g/mol. The van der Waals surface area contributed by atoms with Crippen LogP contribution in [0.15, 0.2) is 0 Å². The van der Waals surface area contributed by atoms with Gasteiger partial charge in [-0.05, 0) is 32.1 Å². The molecule has 4 N–H and O–H groups in total. The number of nitrogens with one attached hydrogen (secondary N) is 1. The molecule has 0 aromatic rings. The van der Waals surface area contributed by atoms with E-state index in [9.17, 15) is 14.4 Å². The van der Waals surface area contributed by atoms with Gasteiger partial charge in [0.1, 0.15) is 6.04 Å². The fourth-order valence-electron chi connectivity index (χ4n) is 3.14. The van der Waals surface area contributed by atoms with Crippen molar-refractivity contribution in [2.24, 2.45) is 11.7 Å². The number of amides is 3. The number of hydrogen-bond acceptors (Lipinski definition) is 3. The van der Waals surface area contributed by atoms with Crippen LogP contribution in [0.1, 0.15) is 38.5 Å². The SMILES string of the molecule is NC(=O)C1CCCCN1C(=O)NC1CCCC1C(=O)O. The van der Waals surface area contributed by atoms with E-state index in [1.165, 1.54) is 4.90 Å². The molecule has 1 heterocycles. The molecule has 0 aromatic carbocycles. The summed E-state index contributed by atoms with van der Waals surface area (Å²) >= 11 is 0. The number of nitrogens with zero attached hydrogens (tertiary/aromatic N) is 1. The molecule has 1 aliphatic carbocycles. The van der Waals surface area contributed by atoms with Gasteiger partial charge in [0.15, 0.2) is 0 Å². The molecule has 3 atom stereocenters. The van der Waals surface area contributed by atoms with Gasteiger partial charge in [-0.3, -0.25) is 9.59 Å². The zero-order valence-corrected chi connectivity index (χ0v) is 11.4. The quantitative estimate of drug-likeness (QED) is 0.690. The number of urea groups is 1. The topological polar surface area (TPSA) is 113 Å². The second-order valence-electron chi connectivity index (χ2n) is 5.54. The van der Waals surface area contributed by atoms with Gasteiger partial charge in [0, 0.05) is 12.6 Å². The third-order valence-electron chi connectivity index (χ3n) is 4.23. The maximum Gasteiger partial charge on any atom is 0.318 e. The number of likely N-dealkylation sites (tertiary alicyclic amines) is 1. The zero-order valence-electron chi connectivity index (χ0n) is 11.4. The van der Waals surface area contributed by atoms with Crippen molar-refractivity contribution < 1.29 is 19.5 Å². The minimum absolute atomic E-state index is 0.351. The summed E-state index contributed by atoms with van der Waals surface area (Å²) in [6.45, 7) is 0.490. The number of carbonyl (C=O) groups excluding carboxylic acids is 2. The number of carboxylic acid groups (broad SMARTS) is 1. The van der Waals surface area contributed by atoms with E-state index >= 15 is 0 Å². The summed E-state index contributed by atoms with van der Waals surface area (Å²) in [5, 5.41) is 11.9. The highest BCUT2D eigenvalue weighted by Crippen LogP contribution is 2.26. The average Bonchev–Trinajstić information content (AvgIpc) is 2.87. The Bertz CT molecular complexity index is 412. The zero-order chi connectivity index (χ0) is 14.7. The maximum absolute atomic E-state index is 12.3. The van der Waals surface area contributed by atoms with Crippen molar-refractivity contribution in [3.63, 3.8) is 0 Å². The van der Waals surface area contributed by atoms with Crippen molar-refractivity contribution in [1.82, 2.24) is 10.2 Å². The largest absolute Gasteiger partial charge is 0.481 e. The minimum Gasteiger partial charge on any atom is -0.481 e. The van der Waals surface area contributed by atoms with Crippen LogP contribution >= 0.6 is 0 Å². The van der Waals surface area contributed by atoms with Crippen molar-refractivity contribution in [3.05, 3.63) is 0 Å². The van der Waals surface area contributed by atoms with Crippen LogP contribution in [-0.2, 0) is 9.59 Å². The van der Waals surface area contributed by atoms with E-state index in [1.807, 2.05) is 0 Å². The van der Waals surface area contributed by atoms with E-state index in [4.69, 9.17) is 10.8 Å². The summed E-state index contributed by atoms with van der Waals surface area (Å²) < 4.78 is 0. The molecule has 3 unspecified atom stereocenters. The van der Waals surface area contributed by atoms with Crippen molar-refractivity contribution >= 4 is 17.9 Å². The Labute approximate surface area is 117 Å². The molecule has 2 aliphatic rings. The molecule has 112 valence electrons. The number of aliphatic carboxylic acids is 1. The Hall–Kier alpha value is -1.79. The van der Waals surface area contributed by atoms with Gasteiger partial charge in [0.05, 0.1) is 5.92 Å². The van der Waals surface area contributed by atoms with Crippen LogP contribution in [0.25, 0.3) is 0 Å². The van der Waals surface area contributed by atoms with E-state index in [2.05, 4.69) is 5.32 Å². The standard InChI is InChI=1S/C13H21N3O4/c14-11(17)10-6-1-2-7-16(10)13(20)15-9-5-3-4-8(9)12(18)19/h8-10H,1-7H2,(H2,14,17)(H,15,20)(H,18,19). The van der Waals surface area contributed by atoms with E-state index in [0.29, 0.717) is 25.8 Å². The van der Waals surface area contributed by atoms with Crippen LogP contribution < -0.4 is 11.1 Å². The molecule has 1 saturated carbocycles. The monoisotopic (exact) mass is 283 g/mol. The Balaban J connectivity index is 1.99. The summed E-state index contributed by atoms with van der Waals surface area (Å²) in [6, 6.07) is -1.30. The van der Waals surface area contributed by atoms with Gasteiger partial charge in [-0.2, -0.15) is 0 Å². The highest BCUT2D eigenvalue weighted by atomic mass is 16.4. The number of hydrogen-bond donors (Lipinski definition) is 3. The van der Waals surface area contributed by atoms with Crippen molar-refractivity contribution in [3.8, 4) is 0 Å². The van der Waals surface area contributed by atoms with Gasteiger partial charge in [-0.1, -0.05) is 6.42 Å². The summed E-state index contributed by atoms with van der Waals surface area (Å²) in [6.07, 6.45) is 4.33. The fourth-order valence-corrected chi connectivity index (χ4v) is 3.14. The Kier molecular flexibility index (Phi) is 4.46. The minimum atomic E-state index is -0.877. The number of nitrogens with two attached hydrogens (primary N) is 1. The summed E-state index contributed by atoms with van der Waals surface area (Å²) in [5.74, 6) is -1.91. The van der Waals surface area contributed by atoms with Gasteiger partial charge in [-0.25, -0.2) is 4.79 Å². The van der Waals surface area contributed by atoms with Crippen molar-refractivity contribution in [2.45, 2.75) is 50.6 Å². The molecule has 2 rings (SSSR count). The molecule has 0 aromatic heterocycles. The highest BCUT2D eigenvalue weighted by molar-refractivity contribution is 5.86. The summed E-state index contributed by atoms with van der Waals surface area (Å²) in [4.78, 5) is 36.2. The molecule has 0 bridgehead atoms. The van der Waals surface area contributed by atoms with Crippen LogP contribution in [0.2, 0.25) is 0 Å². The van der Waals surface area contributed by atoms with Gasteiger partial charge >= 0.3 is 12.0 Å². The summed E-state index contributed by atoms with van der Waals surface area (Å²) in [7, 11) is 0. The molecule has 1 aliphatic heterocycles. The number of piperidine rings is 1. The van der Waals surface area contributed by atoms with Crippen LogP contribution in [0, 0.1) is 5.92 Å². The van der Waals surface area contributed by atoms with E-state index < -0.39 is 23.8 Å². The van der Waals surface area contributed by atoms with Gasteiger partial charge in [0.25, 0.3) is 0 Å². The predicted octanol–water partition coefficient (Wildman–Crippen LogP) is 0.289. The Morgan fingerprint density at radius 3 is 2.50 bits per heavy atom. The lowest BCUT2D eigenvalue weighted by Gasteiger charge is -2.34. The lowest BCUT2D eigenvalue weighted by Crippen LogP contribution is -2.56. The molecule has 3 amide bonds. The van der Waals surface area contributed by atoms with Crippen LogP contribution in [0.4, 0.5) is 4.79 Å². The van der Waals surface area contributed by atoms with E-state index in [-0.39, 0.29) is 12.1 Å².